The molecular formula is C27H28NO6+. The van der Waals surface area contributed by atoms with E-state index < -0.39 is 25.2 Å². The van der Waals surface area contributed by atoms with Crippen molar-refractivity contribution in [1.29, 1.82) is 0 Å². The van der Waals surface area contributed by atoms with E-state index in [9.17, 15) is 9.59 Å². The summed E-state index contributed by atoms with van der Waals surface area (Å²) in [6, 6.07) is 14.5. The monoisotopic (exact) mass is 462 g/mol. The topological polar surface area (TPSA) is 96.1 Å². The van der Waals surface area contributed by atoms with Crippen molar-refractivity contribution in [3.63, 3.8) is 0 Å². The first kappa shape index (κ1) is 24.5. The second-order valence-corrected chi connectivity index (χ2v) is 7.51. The average Bonchev–Trinajstić information content (AvgIpc) is 2.85. The Bertz CT molecular complexity index is 1070. The van der Waals surface area contributed by atoms with Crippen molar-refractivity contribution in [2.24, 2.45) is 0 Å². The number of aliphatic carboxylic acids is 2. The van der Waals surface area contributed by atoms with Crippen LogP contribution in [-0.4, -0.2) is 58.7 Å². The number of carboxylic acid groups (broad SMARTS) is 2. The number of allylic oxidation sites excluding steroid dienone is 5. The van der Waals surface area contributed by atoms with Crippen LogP contribution in [0.4, 0.5) is 0 Å². The van der Waals surface area contributed by atoms with E-state index in [1.54, 1.807) is 24.3 Å². The van der Waals surface area contributed by atoms with Crippen molar-refractivity contribution in [3.8, 4) is 11.5 Å². The molecular weight excluding hydrogens is 434 g/mol. The van der Waals surface area contributed by atoms with Crippen LogP contribution in [-0.2, 0) is 9.59 Å². The number of benzene rings is 2. The Morgan fingerprint density at radius 3 is 1.47 bits per heavy atom. The van der Waals surface area contributed by atoms with Crippen LogP contribution in [0.15, 0.2) is 78.4 Å². The van der Waals surface area contributed by atoms with Crippen molar-refractivity contribution >= 4 is 23.2 Å². The molecule has 0 unspecified atom stereocenters. The summed E-state index contributed by atoms with van der Waals surface area (Å²) >= 11 is 0. The molecule has 0 heterocycles. The van der Waals surface area contributed by atoms with Crippen LogP contribution in [0.3, 0.4) is 0 Å². The molecule has 2 aromatic rings. The summed E-state index contributed by atoms with van der Waals surface area (Å²) in [4.78, 5) is 21.5. The molecule has 0 fully saturated rings. The van der Waals surface area contributed by atoms with Gasteiger partial charge in [-0.15, -0.1) is 0 Å². The van der Waals surface area contributed by atoms with E-state index in [0.717, 1.165) is 41.1 Å². The predicted molar refractivity (Wildman–Crippen MR) is 130 cm³/mol. The van der Waals surface area contributed by atoms with Gasteiger partial charge in [0.25, 0.3) is 0 Å². The lowest BCUT2D eigenvalue weighted by molar-refractivity contribution is -0.519. The van der Waals surface area contributed by atoms with Crippen LogP contribution in [0.1, 0.15) is 25.0 Å². The first-order valence-corrected chi connectivity index (χ1v) is 11.0. The van der Waals surface area contributed by atoms with Gasteiger partial charge in [0.2, 0.25) is 0 Å². The molecule has 0 amide bonds. The number of carbonyl (C=O) groups is 2. The Morgan fingerprint density at radius 2 is 1.12 bits per heavy atom. The second-order valence-electron chi connectivity index (χ2n) is 7.51. The van der Waals surface area contributed by atoms with Gasteiger partial charge in [-0.2, -0.15) is 0 Å². The van der Waals surface area contributed by atoms with Gasteiger partial charge in [-0.05, 0) is 72.5 Å². The molecule has 0 bridgehead atoms. The Hall–Kier alpha value is -4.13. The van der Waals surface area contributed by atoms with E-state index in [0.29, 0.717) is 11.5 Å². The molecule has 0 saturated heterocycles. The molecule has 2 aromatic carbocycles. The van der Waals surface area contributed by atoms with Crippen LogP contribution in [0.5, 0.6) is 11.5 Å². The number of nitrogens with zero attached hydrogens (tertiary/aromatic N) is 1. The van der Waals surface area contributed by atoms with Crippen molar-refractivity contribution in [3.05, 3.63) is 89.5 Å². The van der Waals surface area contributed by atoms with Gasteiger partial charge in [0, 0.05) is 12.2 Å². The highest BCUT2D eigenvalue weighted by Gasteiger charge is 2.15. The van der Waals surface area contributed by atoms with Crippen LogP contribution >= 0.6 is 0 Å². The van der Waals surface area contributed by atoms with Crippen molar-refractivity contribution in [2.45, 2.75) is 13.8 Å². The molecule has 0 atom stereocenters. The zero-order chi connectivity index (χ0) is 24.5. The Labute approximate surface area is 198 Å². The molecule has 3 rings (SSSR count). The highest BCUT2D eigenvalue weighted by molar-refractivity contribution is 6.04. The summed E-state index contributed by atoms with van der Waals surface area (Å²) in [6.07, 6.45) is 8.34. The molecule has 2 N–H and O–H groups in total. The molecule has 7 heteroatoms. The molecule has 0 radical (unpaired) electrons. The fraction of sp³-hybridized carbons (Fsp3) is 0.222. The largest absolute Gasteiger partial charge is 0.482 e. The highest BCUT2D eigenvalue weighted by atomic mass is 16.5. The van der Waals surface area contributed by atoms with Crippen LogP contribution in [0.2, 0.25) is 0 Å². The minimum Gasteiger partial charge on any atom is -0.482 e. The van der Waals surface area contributed by atoms with Gasteiger partial charge in [-0.25, -0.2) is 14.2 Å². The molecule has 0 aliphatic heterocycles. The number of hydrogen-bond acceptors (Lipinski definition) is 4. The van der Waals surface area contributed by atoms with Gasteiger partial charge in [0.15, 0.2) is 18.9 Å². The van der Waals surface area contributed by atoms with Crippen molar-refractivity contribution < 1.29 is 33.9 Å². The molecule has 0 spiro atoms. The molecule has 34 heavy (non-hydrogen) atoms. The Kier molecular flexibility index (Phi) is 8.40. The number of rotatable bonds is 10. The van der Waals surface area contributed by atoms with E-state index >= 15 is 0 Å². The lowest BCUT2D eigenvalue weighted by Gasteiger charge is -2.15. The summed E-state index contributed by atoms with van der Waals surface area (Å²) in [5.41, 5.74) is 4.98. The first-order valence-electron chi connectivity index (χ1n) is 11.0. The predicted octanol–water partition coefficient (Wildman–Crippen LogP) is 4.03. The van der Waals surface area contributed by atoms with E-state index in [2.05, 4.69) is 42.7 Å². The SMILES string of the molecule is CC[N+](CC)=C1C=CC(=C(c2ccc(OCC(=O)O)cc2)c2ccc(OCC(=O)O)cc2)C=C1. The summed E-state index contributed by atoms with van der Waals surface area (Å²) in [5.74, 6) is -1.12. The third-order valence-electron chi connectivity index (χ3n) is 5.30. The van der Waals surface area contributed by atoms with E-state index in [-0.39, 0.29) is 0 Å². The van der Waals surface area contributed by atoms with Crippen LogP contribution < -0.4 is 9.47 Å². The maximum atomic E-state index is 10.8. The summed E-state index contributed by atoms with van der Waals surface area (Å²) < 4.78 is 12.8. The molecule has 1 aliphatic rings. The quantitative estimate of drug-likeness (QED) is 0.518. The summed E-state index contributed by atoms with van der Waals surface area (Å²) in [7, 11) is 0. The number of carboxylic acids is 2. The van der Waals surface area contributed by atoms with Gasteiger partial charge in [-0.1, -0.05) is 24.3 Å². The molecule has 1 aliphatic carbocycles. The van der Waals surface area contributed by atoms with Gasteiger partial charge in [-0.3, -0.25) is 0 Å². The van der Waals surface area contributed by atoms with Crippen molar-refractivity contribution in [1.82, 2.24) is 0 Å². The molecule has 176 valence electrons. The fourth-order valence-electron chi connectivity index (χ4n) is 3.65. The van der Waals surface area contributed by atoms with Crippen molar-refractivity contribution in [2.75, 3.05) is 26.3 Å². The maximum absolute atomic E-state index is 10.8. The van der Waals surface area contributed by atoms with E-state index in [1.165, 1.54) is 0 Å². The summed E-state index contributed by atoms with van der Waals surface area (Å²) in [5, 5.41) is 17.7. The van der Waals surface area contributed by atoms with Gasteiger partial charge in [0.05, 0.1) is 0 Å². The van der Waals surface area contributed by atoms with Crippen LogP contribution in [0.25, 0.3) is 5.57 Å². The highest BCUT2D eigenvalue weighted by Crippen LogP contribution is 2.32. The fourth-order valence-corrected chi connectivity index (χ4v) is 3.65. The van der Waals surface area contributed by atoms with Gasteiger partial charge < -0.3 is 19.7 Å². The van der Waals surface area contributed by atoms with E-state index in [4.69, 9.17) is 19.7 Å². The van der Waals surface area contributed by atoms with E-state index in [1.807, 2.05) is 24.3 Å². The standard InChI is InChI=1S/C27H27NO6/c1-3-28(4-2)22-11-5-19(6-12-22)27(20-7-13-23(14-8-20)33-17-25(29)30)21-9-15-24(16-10-21)34-18-26(31)32/h5-16H,3-4,17-18H2,1-2H3,(H-,29,30,31,32)/p+1. The first-order chi connectivity index (χ1) is 16.4. The molecule has 0 saturated carbocycles. The lowest BCUT2D eigenvalue weighted by atomic mass is 9.90. The average molecular weight is 463 g/mol. The maximum Gasteiger partial charge on any atom is 0.341 e. The van der Waals surface area contributed by atoms with Gasteiger partial charge in [0.1, 0.15) is 24.6 Å². The Morgan fingerprint density at radius 1 is 0.706 bits per heavy atom. The molecule has 7 nitrogen and oxygen atoms in total. The molecule has 0 aromatic heterocycles. The zero-order valence-corrected chi connectivity index (χ0v) is 19.2. The Balaban J connectivity index is 1.99. The smallest absolute Gasteiger partial charge is 0.341 e. The minimum absolute atomic E-state index is 0.402. The zero-order valence-electron chi connectivity index (χ0n) is 19.2. The normalized spacial score (nSPS) is 12.4. The summed E-state index contributed by atoms with van der Waals surface area (Å²) in [6.45, 7) is 5.28. The number of ether oxygens (including phenoxy) is 2. The number of hydrogen-bond donors (Lipinski definition) is 2. The van der Waals surface area contributed by atoms with Crippen LogP contribution in [0, 0.1) is 0 Å². The third kappa shape index (κ3) is 6.45. The third-order valence-corrected chi connectivity index (χ3v) is 5.30. The second kappa shape index (κ2) is 11.7. The minimum atomic E-state index is -1.03. The van der Waals surface area contributed by atoms with Gasteiger partial charge >= 0.3 is 11.9 Å². The lowest BCUT2D eigenvalue weighted by Crippen LogP contribution is -2.19.